The molecule has 0 heterocycles. The summed E-state index contributed by atoms with van der Waals surface area (Å²) < 4.78 is 0. The van der Waals surface area contributed by atoms with Crippen LogP contribution in [0.5, 0.6) is 0 Å². The minimum Gasteiger partial charge on any atom is -0.308 e. The summed E-state index contributed by atoms with van der Waals surface area (Å²) in [6.07, 6.45) is 0. The minimum atomic E-state index is -0.667. The van der Waals surface area contributed by atoms with Crippen LogP contribution in [-0.4, -0.2) is 11.9 Å². The molecule has 27 heavy (non-hydrogen) atoms. The van der Waals surface area contributed by atoms with Crippen molar-refractivity contribution in [2.24, 2.45) is 0 Å². The molecule has 0 unspecified atom stereocenters. The summed E-state index contributed by atoms with van der Waals surface area (Å²) >= 11 is 13.6. The van der Waals surface area contributed by atoms with E-state index in [9.17, 15) is 9.59 Å². The first-order chi connectivity index (χ1) is 13.0. The van der Waals surface area contributed by atoms with E-state index in [2.05, 4.69) is 10.6 Å². The van der Waals surface area contributed by atoms with Gasteiger partial charge in [0.1, 0.15) is 0 Å². The minimum absolute atomic E-state index is 0.0607. The summed E-state index contributed by atoms with van der Waals surface area (Å²) in [6, 6.07) is 21.3. The summed E-state index contributed by atoms with van der Waals surface area (Å²) in [5.74, 6) is -0.667. The largest absolute Gasteiger partial charge is 0.326 e. The number of rotatable bonds is 4. The van der Waals surface area contributed by atoms with Gasteiger partial charge in [0.25, 0.3) is 5.91 Å². The van der Waals surface area contributed by atoms with Crippen LogP contribution in [0.4, 0.5) is 10.5 Å². The Labute approximate surface area is 170 Å². The van der Waals surface area contributed by atoms with Gasteiger partial charge in [-0.05, 0) is 48.5 Å². The van der Waals surface area contributed by atoms with Gasteiger partial charge in [-0.3, -0.25) is 10.1 Å². The molecule has 0 bridgehead atoms. The number of carbonyl (C=O) groups excluding carboxylic acids is 2. The molecule has 0 fully saturated rings. The summed E-state index contributed by atoms with van der Waals surface area (Å²) in [6.45, 7) is 0. The van der Waals surface area contributed by atoms with Crippen molar-refractivity contribution in [3.63, 3.8) is 0 Å². The van der Waals surface area contributed by atoms with Crippen molar-refractivity contribution in [3.8, 4) is 0 Å². The first kappa shape index (κ1) is 19.3. The van der Waals surface area contributed by atoms with Crippen LogP contribution in [0.1, 0.15) is 10.4 Å². The molecule has 3 amide bonds. The highest BCUT2D eigenvalue weighted by atomic mass is 35.5. The van der Waals surface area contributed by atoms with E-state index in [0.717, 1.165) is 9.79 Å². The van der Waals surface area contributed by atoms with E-state index in [1.54, 1.807) is 30.0 Å². The summed E-state index contributed by atoms with van der Waals surface area (Å²) in [4.78, 5) is 26.4. The Bertz CT molecular complexity index is 943. The molecule has 3 aromatic rings. The molecule has 4 nitrogen and oxygen atoms in total. The molecular formula is C20H14Cl2N2O2S. The van der Waals surface area contributed by atoms with E-state index >= 15 is 0 Å². The molecule has 0 saturated heterocycles. The lowest BCUT2D eigenvalue weighted by Gasteiger charge is -2.09. The van der Waals surface area contributed by atoms with Gasteiger partial charge in [-0.15, -0.1) is 0 Å². The van der Waals surface area contributed by atoms with Crippen LogP contribution in [0.3, 0.4) is 0 Å². The second kappa shape index (κ2) is 8.95. The number of anilines is 1. The van der Waals surface area contributed by atoms with E-state index in [0.29, 0.717) is 5.69 Å². The Morgan fingerprint density at radius 1 is 0.741 bits per heavy atom. The predicted octanol–water partition coefficient (Wildman–Crippen LogP) is 6.11. The predicted molar refractivity (Wildman–Crippen MR) is 110 cm³/mol. The number of hydrogen-bond acceptors (Lipinski definition) is 3. The van der Waals surface area contributed by atoms with Crippen LogP contribution in [0.2, 0.25) is 10.0 Å². The monoisotopic (exact) mass is 416 g/mol. The smallest absolute Gasteiger partial charge is 0.308 e. The van der Waals surface area contributed by atoms with Crippen molar-refractivity contribution in [3.05, 3.63) is 88.4 Å². The van der Waals surface area contributed by atoms with Crippen LogP contribution in [0, 0.1) is 0 Å². The zero-order valence-electron chi connectivity index (χ0n) is 13.9. The first-order valence-corrected chi connectivity index (χ1v) is 9.49. The molecule has 0 aromatic heterocycles. The fourth-order valence-corrected chi connectivity index (χ4v) is 3.68. The summed E-state index contributed by atoms with van der Waals surface area (Å²) in [7, 11) is 0. The van der Waals surface area contributed by atoms with Gasteiger partial charge in [-0.1, -0.05) is 59.2 Å². The SMILES string of the molecule is O=C(NC(=O)c1c(Cl)cccc1Cl)Nc1ccc(Sc2ccccc2)cc1. The van der Waals surface area contributed by atoms with E-state index in [1.165, 1.54) is 12.1 Å². The number of hydrogen-bond donors (Lipinski definition) is 2. The fourth-order valence-electron chi connectivity index (χ4n) is 2.27. The third kappa shape index (κ3) is 5.26. The van der Waals surface area contributed by atoms with Crippen molar-refractivity contribution in [2.75, 3.05) is 5.32 Å². The van der Waals surface area contributed by atoms with E-state index in [4.69, 9.17) is 23.2 Å². The van der Waals surface area contributed by atoms with E-state index in [-0.39, 0.29) is 15.6 Å². The quantitative estimate of drug-likeness (QED) is 0.539. The van der Waals surface area contributed by atoms with Crippen molar-refractivity contribution in [1.82, 2.24) is 5.32 Å². The molecule has 0 atom stereocenters. The lowest BCUT2D eigenvalue weighted by Crippen LogP contribution is -2.34. The molecule has 0 saturated carbocycles. The van der Waals surface area contributed by atoms with Gasteiger partial charge in [-0.25, -0.2) is 4.79 Å². The van der Waals surface area contributed by atoms with Crippen LogP contribution in [-0.2, 0) is 0 Å². The average molecular weight is 417 g/mol. The lowest BCUT2D eigenvalue weighted by atomic mass is 10.2. The molecule has 2 N–H and O–H groups in total. The van der Waals surface area contributed by atoms with Gasteiger partial charge in [0, 0.05) is 15.5 Å². The normalized spacial score (nSPS) is 10.3. The third-order valence-electron chi connectivity index (χ3n) is 3.51. The number of carbonyl (C=O) groups is 2. The Morgan fingerprint density at radius 2 is 1.33 bits per heavy atom. The molecule has 7 heteroatoms. The summed E-state index contributed by atoms with van der Waals surface area (Å²) in [5, 5.41) is 5.18. The second-order valence-corrected chi connectivity index (χ2v) is 7.41. The Kier molecular flexibility index (Phi) is 6.40. The zero-order chi connectivity index (χ0) is 19.2. The van der Waals surface area contributed by atoms with E-state index in [1.807, 2.05) is 42.5 Å². The topological polar surface area (TPSA) is 58.2 Å². The highest BCUT2D eigenvalue weighted by Crippen LogP contribution is 2.28. The first-order valence-electron chi connectivity index (χ1n) is 7.92. The third-order valence-corrected chi connectivity index (χ3v) is 5.15. The molecule has 136 valence electrons. The zero-order valence-corrected chi connectivity index (χ0v) is 16.2. The molecule has 0 aliphatic rings. The Hall–Kier alpha value is -2.47. The fraction of sp³-hybridized carbons (Fsp3) is 0. The second-order valence-electron chi connectivity index (χ2n) is 5.44. The van der Waals surface area contributed by atoms with Gasteiger partial charge in [0.05, 0.1) is 15.6 Å². The molecule has 0 aliphatic carbocycles. The molecule has 0 spiro atoms. The molecular weight excluding hydrogens is 403 g/mol. The summed E-state index contributed by atoms with van der Waals surface area (Å²) in [5.41, 5.74) is 0.619. The van der Waals surface area contributed by atoms with Gasteiger partial charge >= 0.3 is 6.03 Å². The highest BCUT2D eigenvalue weighted by Gasteiger charge is 2.17. The van der Waals surface area contributed by atoms with Gasteiger partial charge < -0.3 is 5.32 Å². The molecule has 0 aliphatic heterocycles. The number of amides is 3. The number of halogens is 2. The maximum Gasteiger partial charge on any atom is 0.326 e. The van der Waals surface area contributed by atoms with Crippen molar-refractivity contribution < 1.29 is 9.59 Å². The number of imide groups is 1. The van der Waals surface area contributed by atoms with Crippen LogP contribution in [0.25, 0.3) is 0 Å². The van der Waals surface area contributed by atoms with Crippen LogP contribution >= 0.6 is 35.0 Å². The van der Waals surface area contributed by atoms with Gasteiger partial charge in [-0.2, -0.15) is 0 Å². The van der Waals surface area contributed by atoms with Crippen LogP contribution in [0.15, 0.2) is 82.6 Å². The highest BCUT2D eigenvalue weighted by molar-refractivity contribution is 7.99. The van der Waals surface area contributed by atoms with Gasteiger partial charge in [0.15, 0.2) is 0 Å². The molecule has 0 radical (unpaired) electrons. The average Bonchev–Trinajstić information content (AvgIpc) is 2.64. The molecule has 3 aromatic carbocycles. The Morgan fingerprint density at radius 3 is 1.96 bits per heavy atom. The van der Waals surface area contributed by atoms with Gasteiger partial charge in [0.2, 0.25) is 0 Å². The molecule has 3 rings (SSSR count). The number of benzene rings is 3. The van der Waals surface area contributed by atoms with Crippen molar-refractivity contribution in [1.29, 1.82) is 0 Å². The van der Waals surface area contributed by atoms with Crippen LogP contribution < -0.4 is 10.6 Å². The lowest BCUT2D eigenvalue weighted by molar-refractivity contribution is 0.0967. The standard InChI is InChI=1S/C20H14Cl2N2O2S/c21-16-7-4-8-17(22)18(16)19(25)24-20(26)23-13-9-11-15(12-10-13)27-14-5-2-1-3-6-14/h1-12H,(H2,23,24,25,26). The number of urea groups is 1. The van der Waals surface area contributed by atoms with Crippen molar-refractivity contribution in [2.45, 2.75) is 9.79 Å². The Balaban J connectivity index is 1.60. The number of nitrogens with one attached hydrogen (secondary N) is 2. The van der Waals surface area contributed by atoms with Crippen molar-refractivity contribution >= 4 is 52.6 Å². The maximum atomic E-state index is 12.2. The van der Waals surface area contributed by atoms with E-state index < -0.39 is 11.9 Å². The maximum absolute atomic E-state index is 12.2.